The third kappa shape index (κ3) is 5.40. The van der Waals surface area contributed by atoms with Crippen molar-refractivity contribution in [3.63, 3.8) is 0 Å². The molecule has 1 unspecified atom stereocenters. The fourth-order valence-corrected chi connectivity index (χ4v) is 4.64. The molecule has 3 aromatic rings. The number of nitrogens with zero attached hydrogens (tertiary/aromatic N) is 1. The Kier molecular flexibility index (Phi) is 7.98. The first-order chi connectivity index (χ1) is 17.4. The van der Waals surface area contributed by atoms with Crippen LogP contribution in [0.3, 0.4) is 0 Å². The van der Waals surface area contributed by atoms with E-state index in [1.165, 1.54) is 0 Å². The summed E-state index contributed by atoms with van der Waals surface area (Å²) in [6, 6.07) is 11.7. The lowest BCUT2D eigenvalue weighted by Crippen LogP contribution is -2.42. The summed E-state index contributed by atoms with van der Waals surface area (Å²) in [4.78, 5) is 27.0. The molecule has 0 spiro atoms. The lowest BCUT2D eigenvalue weighted by molar-refractivity contribution is -0.150. The minimum atomic E-state index is -0.273. The van der Waals surface area contributed by atoms with Crippen LogP contribution in [0.5, 0.6) is 11.5 Å². The second-order valence-electron chi connectivity index (χ2n) is 8.86. The van der Waals surface area contributed by atoms with E-state index in [1.807, 2.05) is 50.2 Å². The number of esters is 1. The number of methoxy groups -OCH3 is 1. The van der Waals surface area contributed by atoms with Gasteiger partial charge in [-0.3, -0.25) is 9.59 Å². The molecule has 1 fully saturated rings. The van der Waals surface area contributed by atoms with E-state index >= 15 is 0 Å². The molecular formula is C29H33NO6. The first kappa shape index (κ1) is 25.4. The molecular weight excluding hydrogens is 458 g/mol. The van der Waals surface area contributed by atoms with Crippen molar-refractivity contribution in [3.8, 4) is 22.6 Å². The van der Waals surface area contributed by atoms with Crippen molar-refractivity contribution in [3.05, 3.63) is 54.3 Å². The monoisotopic (exact) mass is 491 g/mol. The van der Waals surface area contributed by atoms with Crippen LogP contribution in [0, 0.1) is 5.92 Å². The number of hydrogen-bond donors (Lipinski definition) is 0. The van der Waals surface area contributed by atoms with E-state index in [9.17, 15) is 9.59 Å². The average Bonchev–Trinajstić information content (AvgIpc) is 3.31. The van der Waals surface area contributed by atoms with Gasteiger partial charge in [-0.25, -0.2) is 0 Å². The molecule has 0 bridgehead atoms. The molecule has 2 heterocycles. The average molecular weight is 492 g/mol. The lowest BCUT2D eigenvalue weighted by Gasteiger charge is -2.31. The van der Waals surface area contributed by atoms with Crippen LogP contribution in [0.15, 0.2) is 53.2 Å². The van der Waals surface area contributed by atoms with E-state index in [4.69, 9.17) is 18.6 Å². The van der Waals surface area contributed by atoms with Crippen LogP contribution in [-0.2, 0) is 14.3 Å². The number of allylic oxidation sites excluding steroid dienone is 1. The normalized spacial score (nSPS) is 16.2. The van der Waals surface area contributed by atoms with E-state index in [2.05, 4.69) is 0 Å². The highest BCUT2D eigenvalue weighted by Crippen LogP contribution is 2.38. The number of rotatable bonds is 8. The van der Waals surface area contributed by atoms with Gasteiger partial charge in [-0.15, -0.1) is 0 Å². The maximum Gasteiger partial charge on any atom is 0.310 e. The van der Waals surface area contributed by atoms with Crippen molar-refractivity contribution in [2.24, 2.45) is 5.92 Å². The topological polar surface area (TPSA) is 78.2 Å². The molecule has 0 radical (unpaired) electrons. The zero-order chi connectivity index (χ0) is 25.7. The second-order valence-corrected chi connectivity index (χ2v) is 8.86. The number of likely N-dealkylation sites (tertiary alicyclic amines) is 1. The van der Waals surface area contributed by atoms with Crippen molar-refractivity contribution < 1.29 is 28.2 Å². The molecule has 1 amide bonds. The molecule has 0 saturated carbocycles. The predicted octanol–water partition coefficient (Wildman–Crippen LogP) is 5.71. The number of carbonyl (C=O) groups excluding carboxylic acids is 2. The Labute approximate surface area is 211 Å². The van der Waals surface area contributed by atoms with Gasteiger partial charge in [-0.2, -0.15) is 0 Å². The molecule has 1 atom stereocenters. The van der Waals surface area contributed by atoms with Crippen molar-refractivity contribution in [1.82, 2.24) is 4.90 Å². The fraction of sp³-hybridized carbons (Fsp3) is 0.379. The highest BCUT2D eigenvalue weighted by atomic mass is 16.5. The van der Waals surface area contributed by atoms with Crippen molar-refractivity contribution in [1.29, 1.82) is 0 Å². The number of hydrogen-bond acceptors (Lipinski definition) is 6. The lowest BCUT2D eigenvalue weighted by atomic mass is 9.97. The molecule has 1 aliphatic rings. The number of fused-ring (bicyclic) bond motifs is 1. The zero-order valence-corrected chi connectivity index (χ0v) is 21.3. The smallest absolute Gasteiger partial charge is 0.310 e. The van der Waals surface area contributed by atoms with Gasteiger partial charge in [0.1, 0.15) is 17.1 Å². The Hall–Kier alpha value is -3.74. The Morgan fingerprint density at radius 1 is 1.14 bits per heavy atom. The van der Waals surface area contributed by atoms with Gasteiger partial charge in [-0.05, 0) is 62.9 Å². The molecule has 4 rings (SSSR count). The van der Waals surface area contributed by atoms with Crippen molar-refractivity contribution in [2.75, 3.05) is 33.4 Å². The standard InChI is InChI=1S/C29H33NO6/c1-5-34-22-11-9-20(10-12-22)25-18-36-27-16-26(33-4)23(15-24(25)27)19(3)14-28(31)30-13-7-8-21(17-30)29(32)35-6-2/h9-12,14-16,18,21H,5-8,13,17H2,1-4H3/b19-14+. The molecule has 190 valence electrons. The SMILES string of the molecule is CCOC(=O)C1CCCN(C(=O)/C=C(\C)c2cc3c(-c4ccc(OCC)cc4)coc3cc2OC)C1. The molecule has 36 heavy (non-hydrogen) atoms. The van der Waals surface area contributed by atoms with Crippen molar-refractivity contribution in [2.45, 2.75) is 33.6 Å². The third-order valence-corrected chi connectivity index (χ3v) is 6.49. The van der Waals surface area contributed by atoms with Crippen LogP contribution in [0.2, 0.25) is 0 Å². The van der Waals surface area contributed by atoms with E-state index < -0.39 is 0 Å². The number of carbonyl (C=O) groups is 2. The number of piperidine rings is 1. The minimum Gasteiger partial charge on any atom is -0.496 e. The predicted molar refractivity (Wildman–Crippen MR) is 139 cm³/mol. The Balaban J connectivity index is 1.62. The number of ether oxygens (including phenoxy) is 3. The summed E-state index contributed by atoms with van der Waals surface area (Å²) in [5.74, 6) is 0.813. The minimum absolute atomic E-state index is 0.123. The fourth-order valence-electron chi connectivity index (χ4n) is 4.64. The number of furan rings is 1. The van der Waals surface area contributed by atoms with Crippen LogP contribution in [0.4, 0.5) is 0 Å². The maximum atomic E-state index is 13.1. The van der Waals surface area contributed by atoms with Crippen LogP contribution in [0.25, 0.3) is 27.7 Å². The molecule has 1 aromatic heterocycles. The zero-order valence-electron chi connectivity index (χ0n) is 21.3. The Bertz CT molecular complexity index is 1260. The van der Waals surface area contributed by atoms with Gasteiger partial charge in [0.15, 0.2) is 0 Å². The Morgan fingerprint density at radius 2 is 1.92 bits per heavy atom. The van der Waals surface area contributed by atoms with Gasteiger partial charge in [-0.1, -0.05) is 12.1 Å². The molecule has 0 N–H and O–H groups in total. The van der Waals surface area contributed by atoms with E-state index in [1.54, 1.807) is 31.3 Å². The highest BCUT2D eigenvalue weighted by Gasteiger charge is 2.29. The van der Waals surface area contributed by atoms with Crippen LogP contribution in [0.1, 0.15) is 39.2 Å². The summed E-state index contributed by atoms with van der Waals surface area (Å²) in [6.07, 6.45) is 4.87. The molecule has 1 aliphatic heterocycles. The van der Waals surface area contributed by atoms with Crippen LogP contribution < -0.4 is 9.47 Å². The van der Waals surface area contributed by atoms with Gasteiger partial charge in [0.25, 0.3) is 0 Å². The van der Waals surface area contributed by atoms with Crippen LogP contribution in [-0.4, -0.2) is 50.2 Å². The third-order valence-electron chi connectivity index (χ3n) is 6.49. The first-order valence-corrected chi connectivity index (χ1v) is 12.4. The second kappa shape index (κ2) is 11.3. The Morgan fingerprint density at radius 3 is 2.61 bits per heavy atom. The van der Waals surface area contributed by atoms with Crippen molar-refractivity contribution >= 4 is 28.4 Å². The summed E-state index contributed by atoms with van der Waals surface area (Å²) in [5, 5.41) is 0.926. The van der Waals surface area contributed by atoms with Gasteiger partial charge < -0.3 is 23.5 Å². The van der Waals surface area contributed by atoms with Gasteiger partial charge in [0.2, 0.25) is 5.91 Å². The van der Waals surface area contributed by atoms with E-state index in [-0.39, 0.29) is 17.8 Å². The molecule has 0 aliphatic carbocycles. The maximum absolute atomic E-state index is 13.1. The molecule has 2 aromatic carbocycles. The number of amides is 1. The largest absolute Gasteiger partial charge is 0.496 e. The van der Waals surface area contributed by atoms with Gasteiger partial charge >= 0.3 is 5.97 Å². The highest BCUT2D eigenvalue weighted by molar-refractivity contribution is 6.00. The number of benzene rings is 2. The molecule has 7 nitrogen and oxygen atoms in total. The molecule has 1 saturated heterocycles. The van der Waals surface area contributed by atoms with E-state index in [0.717, 1.165) is 46.2 Å². The quantitative estimate of drug-likeness (QED) is 0.297. The van der Waals surface area contributed by atoms with Gasteiger partial charge in [0, 0.05) is 41.7 Å². The van der Waals surface area contributed by atoms with E-state index in [0.29, 0.717) is 37.6 Å². The summed E-state index contributed by atoms with van der Waals surface area (Å²) in [6.45, 7) is 7.60. The summed E-state index contributed by atoms with van der Waals surface area (Å²) in [7, 11) is 1.60. The molecule has 7 heteroatoms. The first-order valence-electron chi connectivity index (χ1n) is 12.4. The summed E-state index contributed by atoms with van der Waals surface area (Å²) < 4.78 is 22.2. The summed E-state index contributed by atoms with van der Waals surface area (Å²) in [5.41, 5.74) is 4.24. The summed E-state index contributed by atoms with van der Waals surface area (Å²) >= 11 is 0. The van der Waals surface area contributed by atoms with Crippen LogP contribution >= 0.6 is 0 Å². The van der Waals surface area contributed by atoms with Gasteiger partial charge in [0.05, 0.1) is 32.5 Å².